The molecule has 1 N–H and O–H groups in total. The van der Waals surface area contributed by atoms with Gasteiger partial charge in [-0.05, 0) is 50.4 Å². The van der Waals surface area contributed by atoms with Gasteiger partial charge in [-0.2, -0.15) is 0 Å². The van der Waals surface area contributed by atoms with Gasteiger partial charge in [-0.1, -0.05) is 0 Å². The molecule has 1 aromatic rings. The molecular formula is C16H23F2N3O. The maximum absolute atomic E-state index is 12.1. The minimum absolute atomic E-state index is 0.269. The van der Waals surface area contributed by atoms with Gasteiger partial charge in [-0.3, -0.25) is 0 Å². The Labute approximate surface area is 129 Å². The van der Waals surface area contributed by atoms with E-state index in [9.17, 15) is 8.78 Å². The van der Waals surface area contributed by atoms with E-state index in [4.69, 9.17) is 4.74 Å². The molecule has 3 heterocycles. The molecular weight excluding hydrogens is 288 g/mol. The van der Waals surface area contributed by atoms with Crippen molar-refractivity contribution in [2.45, 2.75) is 50.7 Å². The lowest BCUT2D eigenvalue weighted by Gasteiger charge is -2.35. The van der Waals surface area contributed by atoms with Crippen molar-refractivity contribution in [3.8, 4) is 5.88 Å². The first-order chi connectivity index (χ1) is 10.7. The molecule has 2 fully saturated rings. The molecule has 0 spiro atoms. The molecule has 0 unspecified atom stereocenters. The molecule has 0 bridgehead atoms. The molecule has 3 rings (SSSR count). The van der Waals surface area contributed by atoms with E-state index in [1.165, 1.54) is 38.8 Å². The first-order valence-corrected chi connectivity index (χ1v) is 8.04. The van der Waals surface area contributed by atoms with Gasteiger partial charge in [-0.25, -0.2) is 13.8 Å². The summed E-state index contributed by atoms with van der Waals surface area (Å²) < 4.78 is 29.3. The number of alkyl halides is 2. The Morgan fingerprint density at radius 1 is 1.36 bits per heavy atom. The number of halogens is 2. The van der Waals surface area contributed by atoms with Gasteiger partial charge in [0.2, 0.25) is 5.88 Å². The Balaban J connectivity index is 1.47. The lowest BCUT2D eigenvalue weighted by Crippen LogP contribution is -2.45. The molecule has 1 aromatic heterocycles. The summed E-state index contributed by atoms with van der Waals surface area (Å²) in [6.07, 6.45) is 4.17. The number of hydrogen-bond donors (Lipinski definition) is 1. The van der Waals surface area contributed by atoms with E-state index in [1.54, 1.807) is 12.3 Å². The molecule has 0 aliphatic carbocycles. The maximum Gasteiger partial charge on any atom is 0.272 e. The molecule has 4 nitrogen and oxygen atoms in total. The van der Waals surface area contributed by atoms with E-state index in [1.807, 2.05) is 6.07 Å². The zero-order valence-corrected chi connectivity index (χ0v) is 12.7. The fourth-order valence-electron chi connectivity index (χ4n) is 3.46. The first-order valence-electron chi connectivity index (χ1n) is 8.04. The van der Waals surface area contributed by atoms with Crippen molar-refractivity contribution in [2.24, 2.45) is 0 Å². The fraction of sp³-hybridized carbons (Fsp3) is 0.688. The first kappa shape index (κ1) is 15.6. The topological polar surface area (TPSA) is 37.4 Å². The van der Waals surface area contributed by atoms with Gasteiger partial charge >= 0.3 is 0 Å². The van der Waals surface area contributed by atoms with Crippen LogP contribution in [0.2, 0.25) is 0 Å². The average molecular weight is 311 g/mol. The number of pyridine rings is 1. The summed E-state index contributed by atoms with van der Waals surface area (Å²) in [5.41, 5.74) is 1.02. The van der Waals surface area contributed by atoms with Crippen molar-refractivity contribution < 1.29 is 13.5 Å². The van der Waals surface area contributed by atoms with Crippen LogP contribution in [0, 0.1) is 0 Å². The van der Waals surface area contributed by atoms with Crippen LogP contribution in [0.15, 0.2) is 18.3 Å². The predicted octanol–water partition coefficient (Wildman–Crippen LogP) is 2.44. The Morgan fingerprint density at radius 3 is 3.14 bits per heavy atom. The molecule has 2 atom stereocenters. The summed E-state index contributed by atoms with van der Waals surface area (Å²) in [6, 6.07) is 4.92. The van der Waals surface area contributed by atoms with Gasteiger partial charge in [0.25, 0.3) is 6.43 Å². The number of piperidine rings is 1. The summed E-state index contributed by atoms with van der Waals surface area (Å²) in [4.78, 5) is 6.56. The normalized spacial score (nSPS) is 25.4. The summed E-state index contributed by atoms with van der Waals surface area (Å²) in [7, 11) is 0. The van der Waals surface area contributed by atoms with Crippen molar-refractivity contribution >= 4 is 0 Å². The molecule has 2 saturated heterocycles. The van der Waals surface area contributed by atoms with E-state index in [2.05, 4.69) is 15.2 Å². The van der Waals surface area contributed by atoms with Crippen LogP contribution in [0.4, 0.5) is 8.78 Å². The number of aromatic nitrogens is 1. The molecule has 0 aromatic carbocycles. The molecule has 0 saturated carbocycles. The largest absolute Gasteiger partial charge is 0.472 e. The van der Waals surface area contributed by atoms with Gasteiger partial charge in [0.05, 0.1) is 0 Å². The minimum Gasteiger partial charge on any atom is -0.472 e. The highest BCUT2D eigenvalue weighted by Gasteiger charge is 2.31. The second-order valence-electron chi connectivity index (χ2n) is 6.14. The molecule has 2 aliphatic rings. The zero-order valence-electron chi connectivity index (χ0n) is 12.7. The summed E-state index contributed by atoms with van der Waals surface area (Å²) in [5.74, 6) is 0.269. The second kappa shape index (κ2) is 7.33. The third-order valence-electron chi connectivity index (χ3n) is 4.57. The quantitative estimate of drug-likeness (QED) is 0.875. The Kier molecular flexibility index (Phi) is 5.20. The Morgan fingerprint density at radius 2 is 2.27 bits per heavy atom. The van der Waals surface area contributed by atoms with Gasteiger partial charge in [-0.15, -0.1) is 0 Å². The number of nitrogens with one attached hydrogen (secondary N) is 1. The number of nitrogens with zero attached hydrogens (tertiary/aromatic N) is 2. The van der Waals surface area contributed by atoms with E-state index < -0.39 is 13.0 Å². The van der Waals surface area contributed by atoms with E-state index in [-0.39, 0.29) is 5.88 Å². The fourth-order valence-corrected chi connectivity index (χ4v) is 3.46. The van der Waals surface area contributed by atoms with Crippen LogP contribution in [-0.2, 0) is 6.54 Å². The van der Waals surface area contributed by atoms with Crippen LogP contribution in [0.1, 0.15) is 31.2 Å². The van der Waals surface area contributed by atoms with Crippen molar-refractivity contribution in [3.05, 3.63) is 23.9 Å². The smallest absolute Gasteiger partial charge is 0.272 e. The predicted molar refractivity (Wildman–Crippen MR) is 80.2 cm³/mol. The van der Waals surface area contributed by atoms with Gasteiger partial charge in [0.1, 0.15) is 0 Å². The van der Waals surface area contributed by atoms with E-state index in [0.717, 1.165) is 18.2 Å². The molecule has 0 radical (unpaired) electrons. The van der Waals surface area contributed by atoms with Crippen molar-refractivity contribution in [3.63, 3.8) is 0 Å². The van der Waals surface area contributed by atoms with Gasteiger partial charge in [0, 0.05) is 30.9 Å². The standard InChI is InChI=1S/C16H23F2N3O/c17-15(18)11-22-16-8-12(3-5-19-16)10-20-13-4-7-21-6-1-2-14(21)9-13/h3,5,8,13-15,20H,1-2,4,6-7,9-11H2/t13-,14+/m1/s1. The van der Waals surface area contributed by atoms with E-state index in [0.29, 0.717) is 6.04 Å². The van der Waals surface area contributed by atoms with Crippen LogP contribution in [0.3, 0.4) is 0 Å². The Hall–Kier alpha value is -1.27. The van der Waals surface area contributed by atoms with Crippen LogP contribution in [-0.4, -0.2) is 48.1 Å². The van der Waals surface area contributed by atoms with Crippen molar-refractivity contribution in [2.75, 3.05) is 19.7 Å². The molecule has 0 amide bonds. The number of rotatable bonds is 6. The van der Waals surface area contributed by atoms with Crippen LogP contribution < -0.4 is 10.1 Å². The monoisotopic (exact) mass is 311 g/mol. The minimum atomic E-state index is -2.47. The second-order valence-corrected chi connectivity index (χ2v) is 6.14. The van der Waals surface area contributed by atoms with Crippen LogP contribution >= 0.6 is 0 Å². The highest BCUT2D eigenvalue weighted by molar-refractivity contribution is 5.20. The molecule has 122 valence electrons. The SMILES string of the molecule is FC(F)COc1cc(CN[C@@H]2CCN3CCC[C@H]3C2)ccn1. The molecule has 6 heteroatoms. The molecule has 22 heavy (non-hydrogen) atoms. The lowest BCUT2D eigenvalue weighted by atomic mass is 9.97. The van der Waals surface area contributed by atoms with Crippen molar-refractivity contribution in [1.29, 1.82) is 0 Å². The van der Waals surface area contributed by atoms with Crippen LogP contribution in [0.25, 0.3) is 0 Å². The zero-order chi connectivity index (χ0) is 15.4. The van der Waals surface area contributed by atoms with Gasteiger partial charge in [0.15, 0.2) is 6.61 Å². The summed E-state index contributed by atoms with van der Waals surface area (Å²) >= 11 is 0. The van der Waals surface area contributed by atoms with Crippen LogP contribution in [0.5, 0.6) is 5.88 Å². The average Bonchev–Trinajstić information content (AvgIpc) is 2.99. The number of hydrogen-bond acceptors (Lipinski definition) is 4. The van der Waals surface area contributed by atoms with Crippen molar-refractivity contribution in [1.82, 2.24) is 15.2 Å². The lowest BCUT2D eigenvalue weighted by molar-refractivity contribution is 0.0795. The summed E-state index contributed by atoms with van der Waals surface area (Å²) in [5, 5.41) is 3.58. The third kappa shape index (κ3) is 4.14. The Bertz CT molecular complexity index is 486. The highest BCUT2D eigenvalue weighted by Crippen LogP contribution is 2.27. The third-order valence-corrected chi connectivity index (χ3v) is 4.57. The maximum atomic E-state index is 12.1. The van der Waals surface area contributed by atoms with E-state index >= 15 is 0 Å². The number of fused-ring (bicyclic) bond motifs is 1. The highest BCUT2D eigenvalue weighted by atomic mass is 19.3. The number of ether oxygens (including phenoxy) is 1. The van der Waals surface area contributed by atoms with Gasteiger partial charge < -0.3 is 15.0 Å². The molecule has 2 aliphatic heterocycles. The summed E-state index contributed by atoms with van der Waals surface area (Å²) in [6.45, 7) is 2.56.